The normalized spacial score (nSPS) is 11.4. The summed E-state index contributed by atoms with van der Waals surface area (Å²) in [6.45, 7) is 3.71. The van der Waals surface area contributed by atoms with Crippen LogP contribution in [0, 0.1) is 17.7 Å². The molecule has 1 N–H and O–H groups in total. The van der Waals surface area contributed by atoms with Gasteiger partial charge in [0.2, 0.25) is 0 Å². The van der Waals surface area contributed by atoms with Gasteiger partial charge in [-0.1, -0.05) is 25.2 Å². The molecule has 0 aliphatic rings. The molecule has 108 valence electrons. The number of halogens is 1. The predicted molar refractivity (Wildman–Crippen MR) is 76.8 cm³/mol. The van der Waals surface area contributed by atoms with Crippen LogP contribution in [0.25, 0.3) is 0 Å². The minimum Gasteiger partial charge on any atom is -0.384 e. The highest BCUT2D eigenvalue weighted by molar-refractivity contribution is 5.94. The zero-order chi connectivity index (χ0) is 15.1. The van der Waals surface area contributed by atoms with Crippen molar-refractivity contribution in [1.82, 2.24) is 4.90 Å². The molecule has 0 spiro atoms. The van der Waals surface area contributed by atoms with Crippen LogP contribution < -0.4 is 0 Å². The van der Waals surface area contributed by atoms with E-state index in [0.717, 1.165) is 12.8 Å². The Balaban J connectivity index is 2.92. The first kappa shape index (κ1) is 16.2. The van der Waals surface area contributed by atoms with Gasteiger partial charge in [0.05, 0.1) is 5.56 Å². The van der Waals surface area contributed by atoms with Crippen LogP contribution in [-0.2, 0) is 0 Å². The van der Waals surface area contributed by atoms with Gasteiger partial charge in [-0.3, -0.25) is 4.79 Å². The lowest BCUT2D eigenvalue weighted by Gasteiger charge is -2.24. The number of hydrogen-bond donors (Lipinski definition) is 1. The quantitative estimate of drug-likeness (QED) is 0.859. The molecule has 0 heterocycles. The second kappa shape index (κ2) is 7.66. The van der Waals surface area contributed by atoms with Gasteiger partial charge >= 0.3 is 0 Å². The molecule has 0 aromatic heterocycles. The second-order valence-corrected chi connectivity index (χ2v) is 4.71. The van der Waals surface area contributed by atoms with Gasteiger partial charge in [-0.15, -0.1) is 0 Å². The SMILES string of the molecule is CCCC(C)N(C)C(=O)c1ccc(C#CCO)c(F)c1. The molecule has 3 nitrogen and oxygen atoms in total. The van der Waals surface area contributed by atoms with Crippen LogP contribution in [-0.4, -0.2) is 35.6 Å². The van der Waals surface area contributed by atoms with Crippen molar-refractivity contribution in [2.75, 3.05) is 13.7 Å². The van der Waals surface area contributed by atoms with Crippen molar-refractivity contribution < 1.29 is 14.3 Å². The van der Waals surface area contributed by atoms with Gasteiger partial charge in [0.25, 0.3) is 5.91 Å². The number of rotatable bonds is 4. The Morgan fingerprint density at radius 2 is 2.20 bits per heavy atom. The van der Waals surface area contributed by atoms with Gasteiger partial charge in [-0.05, 0) is 31.5 Å². The Labute approximate surface area is 119 Å². The van der Waals surface area contributed by atoms with Crippen LogP contribution in [0.2, 0.25) is 0 Å². The summed E-state index contributed by atoms with van der Waals surface area (Å²) in [5.74, 6) is 4.13. The molecule has 4 heteroatoms. The van der Waals surface area contributed by atoms with Crippen molar-refractivity contribution in [2.24, 2.45) is 0 Å². The fourth-order valence-corrected chi connectivity index (χ4v) is 1.90. The van der Waals surface area contributed by atoms with Crippen LogP contribution in [0.15, 0.2) is 18.2 Å². The summed E-state index contributed by atoms with van der Waals surface area (Å²) in [5, 5.41) is 8.59. The molecule has 20 heavy (non-hydrogen) atoms. The van der Waals surface area contributed by atoms with Gasteiger partial charge in [0, 0.05) is 18.7 Å². The average Bonchev–Trinajstić information content (AvgIpc) is 2.44. The number of carbonyl (C=O) groups is 1. The van der Waals surface area contributed by atoms with Crippen molar-refractivity contribution in [2.45, 2.75) is 32.7 Å². The summed E-state index contributed by atoms with van der Waals surface area (Å²) in [7, 11) is 1.72. The minimum atomic E-state index is -0.548. The van der Waals surface area contributed by atoms with Gasteiger partial charge in [0.15, 0.2) is 0 Å². The molecular formula is C16H20FNO2. The van der Waals surface area contributed by atoms with E-state index in [2.05, 4.69) is 18.8 Å². The fourth-order valence-electron chi connectivity index (χ4n) is 1.90. The van der Waals surface area contributed by atoms with Crippen molar-refractivity contribution in [3.05, 3.63) is 35.1 Å². The number of aliphatic hydroxyl groups is 1. The molecule has 1 rings (SSSR count). The maximum absolute atomic E-state index is 13.8. The lowest BCUT2D eigenvalue weighted by Crippen LogP contribution is -2.35. The first-order valence-corrected chi connectivity index (χ1v) is 6.67. The molecule has 0 bridgehead atoms. The van der Waals surface area contributed by atoms with E-state index in [4.69, 9.17) is 5.11 Å². The largest absolute Gasteiger partial charge is 0.384 e. The van der Waals surface area contributed by atoms with E-state index in [0.29, 0.717) is 5.56 Å². The Kier molecular flexibility index (Phi) is 6.20. The maximum atomic E-state index is 13.8. The number of hydrogen-bond acceptors (Lipinski definition) is 2. The van der Waals surface area contributed by atoms with E-state index in [1.807, 2.05) is 6.92 Å². The Morgan fingerprint density at radius 3 is 2.75 bits per heavy atom. The van der Waals surface area contributed by atoms with E-state index in [1.165, 1.54) is 12.1 Å². The molecule has 1 atom stereocenters. The average molecular weight is 277 g/mol. The van der Waals surface area contributed by atoms with E-state index in [-0.39, 0.29) is 24.1 Å². The molecule has 1 amide bonds. The third kappa shape index (κ3) is 4.07. The van der Waals surface area contributed by atoms with Crippen LogP contribution >= 0.6 is 0 Å². The Hall–Kier alpha value is -1.86. The summed E-state index contributed by atoms with van der Waals surface area (Å²) >= 11 is 0. The minimum absolute atomic E-state index is 0.115. The molecule has 0 saturated carbocycles. The summed E-state index contributed by atoms with van der Waals surface area (Å²) in [5.41, 5.74) is 0.488. The first-order valence-electron chi connectivity index (χ1n) is 6.67. The molecule has 1 aromatic rings. The maximum Gasteiger partial charge on any atom is 0.253 e. The third-order valence-corrected chi connectivity index (χ3v) is 3.21. The highest BCUT2D eigenvalue weighted by atomic mass is 19.1. The van der Waals surface area contributed by atoms with Crippen LogP contribution in [0.1, 0.15) is 42.6 Å². The summed E-state index contributed by atoms with van der Waals surface area (Å²) in [4.78, 5) is 13.8. The lowest BCUT2D eigenvalue weighted by atomic mass is 10.1. The number of nitrogens with zero attached hydrogens (tertiary/aromatic N) is 1. The summed E-state index contributed by atoms with van der Waals surface area (Å²) in [6, 6.07) is 4.33. The lowest BCUT2D eigenvalue weighted by molar-refractivity contribution is 0.0736. The standard InChI is InChI=1S/C16H20FNO2/c1-4-6-12(2)18(3)16(20)14-9-8-13(7-5-10-19)15(17)11-14/h8-9,11-12,19H,4,6,10H2,1-3H3. The number of aliphatic hydroxyl groups excluding tert-OH is 1. The molecule has 0 saturated heterocycles. The number of carbonyl (C=O) groups excluding carboxylic acids is 1. The van der Waals surface area contributed by atoms with E-state index in [9.17, 15) is 9.18 Å². The summed E-state index contributed by atoms with van der Waals surface area (Å²) in [6.07, 6.45) is 1.90. The fraction of sp³-hybridized carbons (Fsp3) is 0.438. The van der Waals surface area contributed by atoms with Crippen molar-refractivity contribution in [3.8, 4) is 11.8 Å². The first-order chi connectivity index (χ1) is 9.51. The molecule has 0 aliphatic heterocycles. The summed E-state index contributed by atoms with van der Waals surface area (Å²) < 4.78 is 13.8. The second-order valence-electron chi connectivity index (χ2n) is 4.71. The van der Waals surface area contributed by atoms with Crippen LogP contribution in [0.5, 0.6) is 0 Å². The molecule has 1 aromatic carbocycles. The van der Waals surface area contributed by atoms with Gasteiger partial charge in [-0.25, -0.2) is 4.39 Å². The van der Waals surface area contributed by atoms with Gasteiger partial charge < -0.3 is 10.0 Å². The number of amides is 1. The van der Waals surface area contributed by atoms with E-state index in [1.54, 1.807) is 18.0 Å². The van der Waals surface area contributed by atoms with E-state index < -0.39 is 5.82 Å². The third-order valence-electron chi connectivity index (χ3n) is 3.21. The highest BCUT2D eigenvalue weighted by Gasteiger charge is 2.17. The smallest absolute Gasteiger partial charge is 0.253 e. The van der Waals surface area contributed by atoms with Crippen LogP contribution in [0.3, 0.4) is 0 Å². The van der Waals surface area contributed by atoms with Gasteiger partial charge in [0.1, 0.15) is 12.4 Å². The Morgan fingerprint density at radius 1 is 1.50 bits per heavy atom. The van der Waals surface area contributed by atoms with Crippen molar-refractivity contribution >= 4 is 5.91 Å². The van der Waals surface area contributed by atoms with Gasteiger partial charge in [-0.2, -0.15) is 0 Å². The molecule has 0 radical (unpaired) electrons. The Bertz CT molecular complexity index is 531. The highest BCUT2D eigenvalue weighted by Crippen LogP contribution is 2.14. The molecular weight excluding hydrogens is 257 g/mol. The molecule has 0 fully saturated rings. The predicted octanol–water partition coefficient (Wildman–Crippen LogP) is 2.43. The number of benzene rings is 1. The van der Waals surface area contributed by atoms with Crippen molar-refractivity contribution in [1.29, 1.82) is 0 Å². The monoisotopic (exact) mass is 277 g/mol. The topological polar surface area (TPSA) is 40.5 Å². The molecule has 0 aliphatic carbocycles. The van der Waals surface area contributed by atoms with Crippen molar-refractivity contribution in [3.63, 3.8) is 0 Å². The molecule has 1 unspecified atom stereocenters. The van der Waals surface area contributed by atoms with E-state index >= 15 is 0 Å². The van der Waals surface area contributed by atoms with Crippen LogP contribution in [0.4, 0.5) is 4.39 Å². The zero-order valence-electron chi connectivity index (χ0n) is 12.1. The zero-order valence-corrected chi connectivity index (χ0v) is 12.1.